The Morgan fingerprint density at radius 3 is 2.76 bits per heavy atom. The topological polar surface area (TPSA) is 58.6 Å². The number of carbonyl (C=O) groups excluding carboxylic acids is 2. The Hall–Kier alpha value is -1.88. The second-order valence-electron chi connectivity index (χ2n) is 5.44. The number of rotatable bonds is 7. The summed E-state index contributed by atoms with van der Waals surface area (Å²) in [6.07, 6.45) is 1.08. The summed E-state index contributed by atoms with van der Waals surface area (Å²) in [7, 11) is 1.54. The van der Waals surface area contributed by atoms with Gasteiger partial charge < -0.3 is 15.0 Å². The molecular weight excluding hydrogens is 268 g/mol. The van der Waals surface area contributed by atoms with Gasteiger partial charge in [-0.05, 0) is 43.6 Å². The van der Waals surface area contributed by atoms with Gasteiger partial charge in [0.15, 0.2) is 0 Å². The van der Waals surface area contributed by atoms with Crippen molar-refractivity contribution in [3.8, 4) is 5.75 Å². The number of nitrogens with zero attached hydrogens (tertiary/aromatic N) is 1. The van der Waals surface area contributed by atoms with Gasteiger partial charge in [0.2, 0.25) is 0 Å². The maximum absolute atomic E-state index is 12.1. The van der Waals surface area contributed by atoms with Gasteiger partial charge in [-0.25, -0.2) is 0 Å². The molecule has 1 amide bonds. The minimum absolute atomic E-state index is 0.279. The van der Waals surface area contributed by atoms with E-state index in [4.69, 9.17) is 4.74 Å². The lowest BCUT2D eigenvalue weighted by molar-refractivity contribution is -0.114. The smallest absolute Gasteiger partial charge is 0.299 e. The molecule has 0 saturated heterocycles. The van der Waals surface area contributed by atoms with Crippen LogP contribution in [0.4, 0.5) is 5.69 Å². The first-order valence-electron chi connectivity index (χ1n) is 7.33. The monoisotopic (exact) mass is 290 g/mol. The van der Waals surface area contributed by atoms with Crippen LogP contribution in [0, 0.1) is 5.92 Å². The van der Waals surface area contributed by atoms with Gasteiger partial charge in [0.05, 0.1) is 18.4 Å². The first-order chi connectivity index (χ1) is 10.1. The summed E-state index contributed by atoms with van der Waals surface area (Å²) in [6.45, 7) is 6.52. The van der Waals surface area contributed by atoms with Crippen LogP contribution in [0.5, 0.6) is 5.75 Å². The molecule has 1 N–H and O–H groups in total. The van der Waals surface area contributed by atoms with E-state index in [-0.39, 0.29) is 5.92 Å². The first kappa shape index (κ1) is 15.5. The number of Topliss-reactive ketones (excluding diaryl/α,β-unsaturated/α-hetero) is 1. The SMILES string of the molecule is CCCNCC(C)CN1C(=O)C(=O)c2cc(OC)ccc21. The number of benzene rings is 1. The second kappa shape index (κ2) is 6.72. The Bertz CT molecular complexity index is 542. The molecule has 0 fully saturated rings. The third-order valence-electron chi connectivity index (χ3n) is 3.59. The molecule has 1 unspecified atom stereocenters. The van der Waals surface area contributed by atoms with E-state index in [1.807, 2.05) is 0 Å². The Labute approximate surface area is 125 Å². The summed E-state index contributed by atoms with van der Waals surface area (Å²) in [4.78, 5) is 25.8. The normalized spacial score (nSPS) is 15.3. The fraction of sp³-hybridized carbons (Fsp3) is 0.500. The van der Waals surface area contributed by atoms with Crippen LogP contribution in [-0.4, -0.2) is 38.4 Å². The molecule has 1 aliphatic heterocycles. The van der Waals surface area contributed by atoms with Crippen LogP contribution < -0.4 is 15.0 Å². The Morgan fingerprint density at radius 1 is 1.33 bits per heavy atom. The molecule has 0 spiro atoms. The number of ether oxygens (including phenoxy) is 1. The van der Waals surface area contributed by atoms with Gasteiger partial charge in [-0.1, -0.05) is 13.8 Å². The molecule has 114 valence electrons. The van der Waals surface area contributed by atoms with Crippen molar-refractivity contribution in [1.82, 2.24) is 5.32 Å². The van der Waals surface area contributed by atoms with Gasteiger partial charge in [-0.2, -0.15) is 0 Å². The molecule has 2 rings (SSSR count). The van der Waals surface area contributed by atoms with Crippen molar-refractivity contribution >= 4 is 17.4 Å². The predicted octanol–water partition coefficient (Wildman–Crippen LogP) is 1.86. The lowest BCUT2D eigenvalue weighted by atomic mass is 10.1. The maximum Gasteiger partial charge on any atom is 0.299 e. The third-order valence-corrected chi connectivity index (χ3v) is 3.59. The van der Waals surface area contributed by atoms with Crippen molar-refractivity contribution in [3.63, 3.8) is 0 Å². The molecule has 0 aromatic heterocycles. The highest BCUT2D eigenvalue weighted by atomic mass is 16.5. The number of fused-ring (bicyclic) bond motifs is 1. The molecule has 1 aromatic carbocycles. The standard InChI is InChI=1S/C16H22N2O3/c1-4-7-17-9-11(2)10-18-14-6-5-12(21-3)8-13(14)15(19)16(18)20/h5-6,8,11,17H,4,7,9-10H2,1-3H3. The molecule has 5 nitrogen and oxygen atoms in total. The molecule has 0 aliphatic carbocycles. The van der Waals surface area contributed by atoms with Crippen molar-refractivity contribution in [2.45, 2.75) is 20.3 Å². The second-order valence-corrected chi connectivity index (χ2v) is 5.44. The summed E-state index contributed by atoms with van der Waals surface area (Å²) in [5.74, 6) is -0.0195. The molecule has 0 radical (unpaired) electrons. The fourth-order valence-electron chi connectivity index (χ4n) is 2.49. The lowest BCUT2D eigenvalue weighted by Gasteiger charge is -2.21. The number of nitrogens with one attached hydrogen (secondary N) is 1. The predicted molar refractivity (Wildman–Crippen MR) is 82.0 cm³/mol. The summed E-state index contributed by atoms with van der Waals surface area (Å²) >= 11 is 0. The Balaban J connectivity index is 2.12. The van der Waals surface area contributed by atoms with Crippen LogP contribution in [0.3, 0.4) is 0 Å². The van der Waals surface area contributed by atoms with Crippen LogP contribution >= 0.6 is 0 Å². The molecule has 1 heterocycles. The van der Waals surface area contributed by atoms with Gasteiger partial charge in [0, 0.05) is 6.54 Å². The van der Waals surface area contributed by atoms with Crippen LogP contribution in [0.25, 0.3) is 0 Å². The van der Waals surface area contributed by atoms with Crippen LogP contribution in [-0.2, 0) is 4.79 Å². The van der Waals surface area contributed by atoms with E-state index in [0.29, 0.717) is 23.5 Å². The number of carbonyl (C=O) groups is 2. The van der Waals surface area contributed by atoms with Gasteiger partial charge >= 0.3 is 0 Å². The minimum atomic E-state index is -0.447. The zero-order chi connectivity index (χ0) is 15.4. The van der Waals surface area contributed by atoms with Crippen LogP contribution in [0.15, 0.2) is 18.2 Å². The summed E-state index contributed by atoms with van der Waals surface area (Å²) in [5.41, 5.74) is 1.13. The van der Waals surface area contributed by atoms with E-state index < -0.39 is 11.7 Å². The third kappa shape index (κ3) is 3.24. The maximum atomic E-state index is 12.1. The van der Waals surface area contributed by atoms with Crippen LogP contribution in [0.1, 0.15) is 30.6 Å². The molecule has 21 heavy (non-hydrogen) atoms. The van der Waals surface area contributed by atoms with E-state index in [1.54, 1.807) is 30.2 Å². The zero-order valence-corrected chi connectivity index (χ0v) is 12.8. The molecule has 5 heteroatoms. The average molecular weight is 290 g/mol. The summed E-state index contributed by atoms with van der Waals surface area (Å²) < 4.78 is 5.11. The van der Waals surface area contributed by atoms with Crippen molar-refractivity contribution in [1.29, 1.82) is 0 Å². The van der Waals surface area contributed by atoms with E-state index in [0.717, 1.165) is 19.5 Å². The number of anilines is 1. The quantitative estimate of drug-likeness (QED) is 0.615. The summed E-state index contributed by atoms with van der Waals surface area (Å²) in [5, 5.41) is 3.33. The van der Waals surface area contributed by atoms with Crippen LogP contribution in [0.2, 0.25) is 0 Å². The Morgan fingerprint density at radius 2 is 2.10 bits per heavy atom. The molecule has 0 bridgehead atoms. The fourth-order valence-corrected chi connectivity index (χ4v) is 2.49. The van der Waals surface area contributed by atoms with Crippen molar-refractivity contribution < 1.29 is 14.3 Å². The van der Waals surface area contributed by atoms with E-state index in [9.17, 15) is 9.59 Å². The van der Waals surface area contributed by atoms with E-state index >= 15 is 0 Å². The first-order valence-corrected chi connectivity index (χ1v) is 7.33. The lowest BCUT2D eigenvalue weighted by Crippen LogP contribution is -2.37. The number of hydrogen-bond donors (Lipinski definition) is 1. The number of ketones is 1. The molecule has 1 aromatic rings. The number of hydrogen-bond acceptors (Lipinski definition) is 4. The van der Waals surface area contributed by atoms with Crippen molar-refractivity contribution in [2.24, 2.45) is 5.92 Å². The highest BCUT2D eigenvalue weighted by Gasteiger charge is 2.36. The minimum Gasteiger partial charge on any atom is -0.497 e. The highest BCUT2D eigenvalue weighted by molar-refractivity contribution is 6.52. The zero-order valence-electron chi connectivity index (χ0n) is 12.8. The number of amides is 1. The largest absolute Gasteiger partial charge is 0.497 e. The summed E-state index contributed by atoms with van der Waals surface area (Å²) in [6, 6.07) is 5.19. The van der Waals surface area contributed by atoms with Crippen molar-refractivity contribution in [3.05, 3.63) is 23.8 Å². The van der Waals surface area contributed by atoms with E-state index in [2.05, 4.69) is 19.2 Å². The van der Waals surface area contributed by atoms with Gasteiger partial charge in [0.1, 0.15) is 5.75 Å². The molecule has 0 saturated carbocycles. The van der Waals surface area contributed by atoms with Gasteiger partial charge in [0.25, 0.3) is 11.7 Å². The Kier molecular flexibility index (Phi) is 4.96. The van der Waals surface area contributed by atoms with E-state index in [1.165, 1.54) is 0 Å². The van der Waals surface area contributed by atoms with Gasteiger partial charge in [-0.15, -0.1) is 0 Å². The van der Waals surface area contributed by atoms with Crippen molar-refractivity contribution in [2.75, 3.05) is 31.6 Å². The van der Waals surface area contributed by atoms with Gasteiger partial charge in [-0.3, -0.25) is 9.59 Å². The molecular formula is C16H22N2O3. The highest BCUT2D eigenvalue weighted by Crippen LogP contribution is 2.32. The average Bonchev–Trinajstić information content (AvgIpc) is 2.72. The molecule has 1 aliphatic rings. The number of methoxy groups -OCH3 is 1. The molecule has 1 atom stereocenters.